The topological polar surface area (TPSA) is 52.9 Å². The van der Waals surface area contributed by atoms with Crippen LogP contribution in [0.2, 0.25) is 0 Å². The monoisotopic (exact) mass is 298 g/mol. The fraction of sp³-hybridized carbons (Fsp3) is 0.294. The van der Waals surface area contributed by atoms with Gasteiger partial charge in [0, 0.05) is 4.88 Å². The first-order valence-electron chi connectivity index (χ1n) is 6.94. The van der Waals surface area contributed by atoms with Gasteiger partial charge in [0.25, 0.3) is 0 Å². The number of carbonyl (C=O) groups is 1. The fourth-order valence-electron chi connectivity index (χ4n) is 2.31. The van der Waals surface area contributed by atoms with Gasteiger partial charge in [-0.05, 0) is 31.4 Å². The number of nitrogens with one attached hydrogen (secondary N) is 1. The van der Waals surface area contributed by atoms with Crippen molar-refractivity contribution in [1.29, 1.82) is 5.26 Å². The Morgan fingerprint density at radius 2 is 2.00 bits per heavy atom. The Bertz CT molecular complexity index is 683. The zero-order chi connectivity index (χ0) is 15.4. The molecule has 0 fully saturated rings. The molecule has 1 amide bonds. The Balaban J connectivity index is 2.25. The first-order chi connectivity index (χ1) is 10.1. The molecule has 0 aliphatic carbocycles. The highest BCUT2D eigenvalue weighted by Gasteiger charge is 2.21. The molecule has 1 aromatic heterocycles. The van der Waals surface area contributed by atoms with E-state index < -0.39 is 0 Å². The Morgan fingerprint density at radius 3 is 2.57 bits per heavy atom. The molecule has 0 unspecified atom stereocenters. The molecule has 4 heteroatoms. The van der Waals surface area contributed by atoms with Crippen LogP contribution in [0.25, 0.3) is 0 Å². The number of aryl methyl sites for hydroxylation is 1. The Hall–Kier alpha value is -2.12. The number of rotatable bonds is 4. The minimum absolute atomic E-state index is 0.0542. The molecule has 1 heterocycles. The summed E-state index contributed by atoms with van der Waals surface area (Å²) in [6, 6.07) is 11.9. The van der Waals surface area contributed by atoms with Crippen LogP contribution in [0.15, 0.2) is 30.3 Å². The normalized spacial score (nSPS) is 11.7. The van der Waals surface area contributed by atoms with Crippen molar-refractivity contribution in [1.82, 2.24) is 0 Å². The first kappa shape index (κ1) is 15.3. The van der Waals surface area contributed by atoms with Crippen molar-refractivity contribution in [3.8, 4) is 6.07 Å². The van der Waals surface area contributed by atoms with Crippen LogP contribution in [0.3, 0.4) is 0 Å². The third-order valence-electron chi connectivity index (χ3n) is 3.66. The summed E-state index contributed by atoms with van der Waals surface area (Å²) >= 11 is 1.46. The number of carbonyl (C=O) groups excluding carboxylic acids is 1. The van der Waals surface area contributed by atoms with Crippen LogP contribution in [0.4, 0.5) is 5.00 Å². The van der Waals surface area contributed by atoms with E-state index in [1.54, 1.807) is 0 Å². The van der Waals surface area contributed by atoms with E-state index in [2.05, 4.69) is 11.4 Å². The lowest BCUT2D eigenvalue weighted by Gasteiger charge is -2.14. The van der Waals surface area contributed by atoms with Crippen LogP contribution in [0, 0.1) is 25.2 Å². The summed E-state index contributed by atoms with van der Waals surface area (Å²) in [6.45, 7) is 5.87. The molecule has 0 saturated heterocycles. The summed E-state index contributed by atoms with van der Waals surface area (Å²) < 4.78 is 0. The SMILES string of the molecule is CC[C@H](C(=O)Nc1sc(C)c(C)c1C#N)c1ccccc1. The van der Waals surface area contributed by atoms with Crippen molar-refractivity contribution < 1.29 is 4.79 Å². The average Bonchev–Trinajstić information content (AvgIpc) is 2.75. The van der Waals surface area contributed by atoms with E-state index in [-0.39, 0.29) is 11.8 Å². The minimum Gasteiger partial charge on any atom is -0.316 e. The van der Waals surface area contributed by atoms with E-state index in [1.165, 1.54) is 11.3 Å². The molecule has 0 saturated carbocycles. The lowest BCUT2D eigenvalue weighted by molar-refractivity contribution is -0.117. The van der Waals surface area contributed by atoms with Crippen LogP contribution >= 0.6 is 11.3 Å². The van der Waals surface area contributed by atoms with Gasteiger partial charge in [-0.2, -0.15) is 5.26 Å². The molecule has 21 heavy (non-hydrogen) atoms. The predicted octanol–water partition coefficient (Wildman–Crippen LogP) is 4.37. The third-order valence-corrected chi connectivity index (χ3v) is 4.78. The summed E-state index contributed by atoms with van der Waals surface area (Å²) in [5, 5.41) is 12.8. The van der Waals surface area contributed by atoms with Crippen molar-refractivity contribution in [3.05, 3.63) is 51.9 Å². The molecule has 0 aliphatic rings. The van der Waals surface area contributed by atoms with Crippen molar-refractivity contribution >= 4 is 22.2 Å². The molecular formula is C17H18N2OS. The van der Waals surface area contributed by atoms with Gasteiger partial charge in [0.15, 0.2) is 0 Å². The van der Waals surface area contributed by atoms with Crippen molar-refractivity contribution in [3.63, 3.8) is 0 Å². The lowest BCUT2D eigenvalue weighted by atomic mass is 9.96. The summed E-state index contributed by atoms with van der Waals surface area (Å²) in [4.78, 5) is 13.6. The van der Waals surface area contributed by atoms with Gasteiger partial charge in [0.2, 0.25) is 5.91 Å². The fourth-order valence-corrected chi connectivity index (χ4v) is 3.32. The maximum Gasteiger partial charge on any atom is 0.232 e. The number of nitrogens with zero attached hydrogens (tertiary/aromatic N) is 1. The number of benzene rings is 1. The second kappa shape index (κ2) is 6.55. The zero-order valence-electron chi connectivity index (χ0n) is 12.4. The molecular weight excluding hydrogens is 280 g/mol. The lowest BCUT2D eigenvalue weighted by Crippen LogP contribution is -2.20. The second-order valence-electron chi connectivity index (χ2n) is 4.96. The van der Waals surface area contributed by atoms with Crippen LogP contribution in [-0.4, -0.2) is 5.91 Å². The van der Waals surface area contributed by atoms with E-state index in [4.69, 9.17) is 0 Å². The van der Waals surface area contributed by atoms with E-state index in [0.717, 1.165) is 22.4 Å². The summed E-state index contributed by atoms with van der Waals surface area (Å²) in [6.07, 6.45) is 0.723. The highest BCUT2D eigenvalue weighted by molar-refractivity contribution is 7.16. The van der Waals surface area contributed by atoms with Gasteiger partial charge in [-0.25, -0.2) is 0 Å². The molecule has 2 aromatic rings. The van der Waals surface area contributed by atoms with Gasteiger partial charge in [0.1, 0.15) is 11.1 Å². The van der Waals surface area contributed by atoms with E-state index >= 15 is 0 Å². The van der Waals surface area contributed by atoms with Crippen molar-refractivity contribution in [2.75, 3.05) is 5.32 Å². The average molecular weight is 298 g/mol. The smallest absolute Gasteiger partial charge is 0.232 e. The van der Waals surface area contributed by atoms with E-state index in [0.29, 0.717) is 10.6 Å². The maximum absolute atomic E-state index is 12.5. The molecule has 2 rings (SSSR count). The first-order valence-corrected chi connectivity index (χ1v) is 7.76. The summed E-state index contributed by atoms with van der Waals surface area (Å²) in [5.74, 6) is -0.248. The molecule has 0 bridgehead atoms. The van der Waals surface area contributed by atoms with Gasteiger partial charge in [0.05, 0.1) is 11.5 Å². The third kappa shape index (κ3) is 3.14. The summed E-state index contributed by atoms with van der Waals surface area (Å²) in [7, 11) is 0. The Kier molecular flexibility index (Phi) is 4.77. The molecule has 0 radical (unpaired) electrons. The standard InChI is InChI=1S/C17H18N2OS/c1-4-14(13-8-6-5-7-9-13)16(20)19-17-15(10-18)11(2)12(3)21-17/h5-9,14H,4H2,1-3H3,(H,19,20)/t14-/m0/s1. The summed E-state index contributed by atoms with van der Waals surface area (Å²) in [5.41, 5.74) is 2.53. The predicted molar refractivity (Wildman–Crippen MR) is 86.6 cm³/mol. The van der Waals surface area contributed by atoms with Gasteiger partial charge in [-0.1, -0.05) is 37.3 Å². The Morgan fingerprint density at radius 1 is 1.33 bits per heavy atom. The number of thiophene rings is 1. The molecule has 108 valence electrons. The number of anilines is 1. The minimum atomic E-state index is -0.194. The van der Waals surface area contributed by atoms with Gasteiger partial charge in [-0.15, -0.1) is 11.3 Å². The van der Waals surface area contributed by atoms with Crippen LogP contribution in [-0.2, 0) is 4.79 Å². The van der Waals surface area contributed by atoms with E-state index in [9.17, 15) is 10.1 Å². The molecule has 3 nitrogen and oxygen atoms in total. The van der Waals surface area contributed by atoms with Gasteiger partial charge in [-0.3, -0.25) is 4.79 Å². The largest absolute Gasteiger partial charge is 0.316 e. The van der Waals surface area contributed by atoms with Crippen LogP contribution < -0.4 is 5.32 Å². The molecule has 1 atom stereocenters. The van der Waals surface area contributed by atoms with Crippen LogP contribution in [0.1, 0.15) is 40.8 Å². The zero-order valence-corrected chi connectivity index (χ0v) is 13.3. The maximum atomic E-state index is 12.5. The molecule has 0 aliphatic heterocycles. The number of hydrogen-bond donors (Lipinski definition) is 1. The van der Waals surface area contributed by atoms with Gasteiger partial charge < -0.3 is 5.32 Å². The second-order valence-corrected chi connectivity index (χ2v) is 6.18. The number of amides is 1. The molecule has 0 spiro atoms. The van der Waals surface area contributed by atoms with E-state index in [1.807, 2.05) is 51.1 Å². The van der Waals surface area contributed by atoms with Crippen molar-refractivity contribution in [2.24, 2.45) is 0 Å². The molecule has 1 N–H and O–H groups in total. The Labute approximate surface area is 129 Å². The quantitative estimate of drug-likeness (QED) is 0.911. The highest BCUT2D eigenvalue weighted by atomic mass is 32.1. The number of hydrogen-bond acceptors (Lipinski definition) is 3. The van der Waals surface area contributed by atoms with Crippen LogP contribution in [0.5, 0.6) is 0 Å². The van der Waals surface area contributed by atoms with Crippen molar-refractivity contribution in [2.45, 2.75) is 33.1 Å². The molecule has 1 aromatic carbocycles. The highest BCUT2D eigenvalue weighted by Crippen LogP contribution is 2.33. The van der Waals surface area contributed by atoms with Gasteiger partial charge >= 0.3 is 0 Å². The number of nitriles is 1.